The number of likely N-dealkylation sites (tertiary alicyclic amines) is 1. The molecule has 13 nitrogen and oxygen atoms in total. The molecule has 2 aliphatic heterocycles. The molecular weight excluding hydrogens is 710 g/mol. The molecule has 0 unspecified atom stereocenters. The van der Waals surface area contributed by atoms with E-state index in [2.05, 4.69) is 37.4 Å². The molecule has 0 spiro atoms. The summed E-state index contributed by atoms with van der Waals surface area (Å²) in [6, 6.07) is 14.1. The number of benzene rings is 3. The molecule has 2 saturated heterocycles. The fourth-order valence-corrected chi connectivity index (χ4v) is 6.77. The molecule has 4 aromatic rings. The van der Waals surface area contributed by atoms with Gasteiger partial charge in [-0.1, -0.05) is 29.8 Å². The maximum absolute atomic E-state index is 13.8. The van der Waals surface area contributed by atoms with Crippen molar-refractivity contribution in [3.63, 3.8) is 0 Å². The van der Waals surface area contributed by atoms with Gasteiger partial charge in [-0.25, -0.2) is 4.98 Å². The Labute approximate surface area is 321 Å². The lowest BCUT2D eigenvalue weighted by Gasteiger charge is -2.32. The fraction of sp³-hybridized carbons (Fsp3) is 0.400. The number of hydrogen-bond acceptors (Lipinski definition) is 11. The van der Waals surface area contributed by atoms with Gasteiger partial charge < -0.3 is 44.3 Å². The molecular formula is C40H48ClN7O6. The largest absolute Gasteiger partial charge is 0.493 e. The van der Waals surface area contributed by atoms with Gasteiger partial charge in [-0.05, 0) is 69.5 Å². The van der Waals surface area contributed by atoms with Crippen LogP contribution >= 0.6 is 11.6 Å². The third-order valence-corrected chi connectivity index (χ3v) is 9.97. The molecule has 2 N–H and O–H groups in total. The van der Waals surface area contributed by atoms with Crippen molar-refractivity contribution in [2.24, 2.45) is 0 Å². The molecule has 14 heteroatoms. The number of carbonyl (C=O) groups excluding carboxylic acids is 2. The van der Waals surface area contributed by atoms with Crippen molar-refractivity contribution < 1.29 is 28.5 Å². The van der Waals surface area contributed by atoms with Crippen molar-refractivity contribution in [2.75, 3.05) is 84.3 Å². The molecule has 0 atom stereocenters. The van der Waals surface area contributed by atoms with Gasteiger partial charge in [0.2, 0.25) is 17.6 Å². The van der Waals surface area contributed by atoms with Crippen LogP contribution in [0.4, 0.5) is 17.3 Å². The number of nitrogens with one attached hydrogen (secondary N) is 2. The summed E-state index contributed by atoms with van der Waals surface area (Å²) in [6.45, 7) is 10.9. The number of anilines is 3. The molecule has 6 rings (SSSR count). The predicted molar refractivity (Wildman–Crippen MR) is 209 cm³/mol. The summed E-state index contributed by atoms with van der Waals surface area (Å²) < 4.78 is 23.8. The number of halogens is 1. The number of ether oxygens (including phenoxy) is 4. The van der Waals surface area contributed by atoms with Crippen LogP contribution in [0.25, 0.3) is 0 Å². The standard InChI is InChI=1S/C40H48ClN7O6/c1-26-10-8-11-27(2)35(26)44-37(49)30-25-42-40(45-38(30)54-32-13-12-28(22-31(32)41)39(50)48-15-6-7-16-48)43-29-23-33(51-4)36(52-5)34(24-29)53-21-9-14-47-19-17-46(3)18-20-47/h8,10-13,22-25H,6-7,9,14-21H2,1-5H3,(H,44,49)(H,42,43,45). The fourth-order valence-electron chi connectivity index (χ4n) is 6.56. The van der Waals surface area contributed by atoms with Crippen molar-refractivity contribution in [1.29, 1.82) is 0 Å². The van der Waals surface area contributed by atoms with Crippen LogP contribution in [-0.4, -0.2) is 110 Å². The number of carbonyl (C=O) groups is 2. The molecule has 0 bridgehead atoms. The highest BCUT2D eigenvalue weighted by molar-refractivity contribution is 6.32. The van der Waals surface area contributed by atoms with Crippen LogP contribution in [0, 0.1) is 13.8 Å². The Balaban J connectivity index is 1.26. The summed E-state index contributed by atoms with van der Waals surface area (Å²) in [6.07, 6.45) is 4.19. The second kappa shape index (κ2) is 17.8. The minimum absolute atomic E-state index is 0.0439. The number of aryl methyl sites for hydroxylation is 2. The number of methoxy groups -OCH3 is 2. The lowest BCUT2D eigenvalue weighted by Crippen LogP contribution is -2.44. The van der Waals surface area contributed by atoms with Gasteiger partial charge in [0, 0.05) is 81.1 Å². The first kappa shape index (κ1) is 38.6. The van der Waals surface area contributed by atoms with Crippen LogP contribution in [0.5, 0.6) is 28.9 Å². The van der Waals surface area contributed by atoms with E-state index in [-0.39, 0.29) is 34.1 Å². The van der Waals surface area contributed by atoms with Crippen LogP contribution in [0.15, 0.2) is 54.7 Å². The minimum Gasteiger partial charge on any atom is -0.493 e. The predicted octanol–water partition coefficient (Wildman–Crippen LogP) is 6.80. The van der Waals surface area contributed by atoms with E-state index in [4.69, 9.17) is 30.5 Å². The maximum atomic E-state index is 13.8. The number of nitrogens with zero attached hydrogens (tertiary/aromatic N) is 5. The normalized spacial score (nSPS) is 14.8. The Bertz CT molecular complexity index is 1940. The monoisotopic (exact) mass is 757 g/mol. The van der Waals surface area contributed by atoms with Gasteiger partial charge in [0.15, 0.2) is 11.5 Å². The highest BCUT2D eigenvalue weighted by Crippen LogP contribution is 2.41. The molecule has 2 fully saturated rings. The number of amides is 2. The second-order valence-corrected chi connectivity index (χ2v) is 14.0. The third kappa shape index (κ3) is 9.33. The SMILES string of the molecule is COc1cc(Nc2ncc(C(=O)Nc3c(C)cccc3C)c(Oc3ccc(C(=O)N4CCCC4)cc3Cl)n2)cc(OCCCN2CCN(C)CC2)c1OC. The van der Waals surface area contributed by atoms with Crippen LogP contribution in [0.2, 0.25) is 5.02 Å². The number of rotatable bonds is 14. The molecule has 3 heterocycles. The Morgan fingerprint density at radius 1 is 0.889 bits per heavy atom. The van der Waals surface area contributed by atoms with Crippen molar-refractivity contribution in [2.45, 2.75) is 33.1 Å². The highest BCUT2D eigenvalue weighted by Gasteiger charge is 2.24. The second-order valence-electron chi connectivity index (χ2n) is 13.6. The third-order valence-electron chi connectivity index (χ3n) is 9.67. The zero-order chi connectivity index (χ0) is 38.2. The molecule has 2 amide bonds. The summed E-state index contributed by atoms with van der Waals surface area (Å²) in [7, 11) is 5.27. The molecule has 0 radical (unpaired) electrons. The van der Waals surface area contributed by atoms with Crippen molar-refractivity contribution >= 4 is 40.7 Å². The van der Waals surface area contributed by atoms with Crippen molar-refractivity contribution in [1.82, 2.24) is 24.7 Å². The van der Waals surface area contributed by atoms with Crippen LogP contribution in [0.1, 0.15) is 51.1 Å². The number of hydrogen-bond donors (Lipinski definition) is 2. The highest BCUT2D eigenvalue weighted by atomic mass is 35.5. The van der Waals surface area contributed by atoms with E-state index in [1.54, 1.807) is 44.6 Å². The topological polar surface area (TPSA) is 131 Å². The Kier molecular flexibility index (Phi) is 12.7. The zero-order valence-electron chi connectivity index (χ0n) is 31.5. The molecule has 0 saturated carbocycles. The first-order chi connectivity index (χ1) is 26.1. The van der Waals surface area contributed by atoms with Crippen molar-refractivity contribution in [3.05, 3.63) is 82.0 Å². The van der Waals surface area contributed by atoms with Gasteiger partial charge in [0.05, 0.1) is 25.8 Å². The number of piperazine rings is 1. The van der Waals surface area contributed by atoms with E-state index in [9.17, 15) is 9.59 Å². The molecule has 54 heavy (non-hydrogen) atoms. The van der Waals surface area contributed by atoms with E-state index in [0.717, 1.165) is 76.2 Å². The van der Waals surface area contributed by atoms with Crippen LogP contribution in [-0.2, 0) is 0 Å². The number of aromatic nitrogens is 2. The first-order valence-electron chi connectivity index (χ1n) is 18.2. The van der Waals surface area contributed by atoms with E-state index >= 15 is 0 Å². The summed E-state index contributed by atoms with van der Waals surface area (Å²) in [5.74, 6) is 1.17. The quantitative estimate of drug-likeness (QED) is 0.132. The van der Waals surface area contributed by atoms with E-state index in [0.29, 0.717) is 40.8 Å². The summed E-state index contributed by atoms with van der Waals surface area (Å²) in [5.41, 5.74) is 3.57. The first-order valence-corrected chi connectivity index (χ1v) is 18.6. The molecule has 2 aliphatic rings. The van der Waals surface area contributed by atoms with Gasteiger partial charge in [-0.15, -0.1) is 0 Å². The Morgan fingerprint density at radius 2 is 1.61 bits per heavy atom. The average molecular weight is 758 g/mol. The Hall–Kier alpha value is -5.11. The van der Waals surface area contributed by atoms with Gasteiger partial charge in [-0.2, -0.15) is 4.98 Å². The Morgan fingerprint density at radius 3 is 2.30 bits per heavy atom. The average Bonchev–Trinajstić information content (AvgIpc) is 3.71. The van der Waals surface area contributed by atoms with Gasteiger partial charge in [0.1, 0.15) is 11.3 Å². The molecule has 0 aliphatic carbocycles. The molecule has 3 aromatic carbocycles. The van der Waals surface area contributed by atoms with E-state index in [1.807, 2.05) is 36.9 Å². The van der Waals surface area contributed by atoms with Crippen LogP contribution in [0.3, 0.4) is 0 Å². The van der Waals surface area contributed by atoms with Gasteiger partial charge in [-0.3, -0.25) is 9.59 Å². The summed E-state index contributed by atoms with van der Waals surface area (Å²) >= 11 is 6.68. The minimum atomic E-state index is -0.468. The summed E-state index contributed by atoms with van der Waals surface area (Å²) in [4.78, 5) is 42.5. The number of para-hydroxylation sites is 1. The zero-order valence-corrected chi connectivity index (χ0v) is 32.3. The van der Waals surface area contributed by atoms with E-state index < -0.39 is 5.91 Å². The molecule has 1 aromatic heterocycles. The lowest BCUT2D eigenvalue weighted by atomic mass is 10.1. The number of likely N-dealkylation sites (N-methyl/N-ethyl adjacent to an activating group) is 1. The lowest BCUT2D eigenvalue weighted by molar-refractivity contribution is 0.0792. The smallest absolute Gasteiger partial charge is 0.262 e. The van der Waals surface area contributed by atoms with Crippen LogP contribution < -0.4 is 29.6 Å². The van der Waals surface area contributed by atoms with Gasteiger partial charge in [0.25, 0.3) is 11.8 Å². The van der Waals surface area contributed by atoms with E-state index in [1.165, 1.54) is 6.20 Å². The van der Waals surface area contributed by atoms with Crippen molar-refractivity contribution in [3.8, 4) is 28.9 Å². The molecule has 286 valence electrons. The van der Waals surface area contributed by atoms with Gasteiger partial charge >= 0.3 is 0 Å². The summed E-state index contributed by atoms with van der Waals surface area (Å²) in [5, 5.41) is 6.39. The maximum Gasteiger partial charge on any atom is 0.262 e.